The third-order valence-electron chi connectivity index (χ3n) is 2.43. The van der Waals surface area contributed by atoms with Gasteiger partial charge in [-0.1, -0.05) is 25.1 Å². The number of ether oxygens (including phenoxy) is 1. The fraction of sp³-hybridized carbons (Fsp3) is 0.500. The van der Waals surface area contributed by atoms with E-state index in [0.29, 0.717) is 19.6 Å². The quantitative estimate of drug-likeness (QED) is 0.654. The van der Waals surface area contributed by atoms with Crippen LogP contribution in [0.3, 0.4) is 0 Å². The van der Waals surface area contributed by atoms with E-state index in [1.165, 1.54) is 0 Å². The molecule has 0 unspecified atom stereocenters. The number of rotatable bonds is 9. The Kier molecular flexibility index (Phi) is 7.64. The molecule has 2 N–H and O–H groups in total. The van der Waals surface area contributed by atoms with Gasteiger partial charge in [0.25, 0.3) is 0 Å². The van der Waals surface area contributed by atoms with Crippen molar-refractivity contribution in [3.05, 3.63) is 30.3 Å². The monoisotopic (exact) mass is 250 g/mol. The largest absolute Gasteiger partial charge is 0.494 e. The van der Waals surface area contributed by atoms with Gasteiger partial charge in [0, 0.05) is 19.5 Å². The van der Waals surface area contributed by atoms with Crippen molar-refractivity contribution in [3.63, 3.8) is 0 Å². The summed E-state index contributed by atoms with van der Waals surface area (Å²) in [7, 11) is 0. The minimum atomic E-state index is 0.0876. The number of hydrogen-bond donors (Lipinski definition) is 2. The van der Waals surface area contributed by atoms with Crippen molar-refractivity contribution < 1.29 is 9.53 Å². The lowest BCUT2D eigenvalue weighted by Gasteiger charge is -2.07. The van der Waals surface area contributed by atoms with Crippen molar-refractivity contribution in [3.8, 4) is 5.75 Å². The second-order valence-corrected chi connectivity index (χ2v) is 3.97. The molecule has 4 nitrogen and oxygen atoms in total. The molecular weight excluding hydrogens is 228 g/mol. The normalized spacial score (nSPS) is 10.1. The number of amides is 1. The Morgan fingerprint density at radius 3 is 2.72 bits per heavy atom. The molecule has 1 amide bonds. The summed E-state index contributed by atoms with van der Waals surface area (Å²) < 4.78 is 5.51. The molecule has 0 spiro atoms. The Balaban J connectivity index is 1.99. The van der Waals surface area contributed by atoms with Gasteiger partial charge >= 0.3 is 0 Å². The van der Waals surface area contributed by atoms with E-state index in [1.807, 2.05) is 37.3 Å². The second kappa shape index (κ2) is 9.48. The number of carbonyl (C=O) groups is 1. The molecule has 0 radical (unpaired) electrons. The summed E-state index contributed by atoms with van der Waals surface area (Å²) in [6.07, 6.45) is 1.25. The van der Waals surface area contributed by atoms with Crippen molar-refractivity contribution in [2.45, 2.75) is 19.8 Å². The first-order valence-corrected chi connectivity index (χ1v) is 6.48. The smallest absolute Gasteiger partial charge is 0.220 e. The summed E-state index contributed by atoms with van der Waals surface area (Å²) in [5, 5.41) is 6.01. The van der Waals surface area contributed by atoms with Crippen molar-refractivity contribution >= 4 is 5.91 Å². The molecule has 18 heavy (non-hydrogen) atoms. The number of benzene rings is 1. The van der Waals surface area contributed by atoms with Crippen LogP contribution in [0.1, 0.15) is 19.8 Å². The van der Waals surface area contributed by atoms with E-state index in [-0.39, 0.29) is 5.91 Å². The van der Waals surface area contributed by atoms with Crippen molar-refractivity contribution in [1.29, 1.82) is 0 Å². The lowest BCUT2D eigenvalue weighted by Crippen LogP contribution is -2.31. The maximum Gasteiger partial charge on any atom is 0.220 e. The summed E-state index contributed by atoms with van der Waals surface area (Å²) >= 11 is 0. The maximum atomic E-state index is 11.4. The average Bonchev–Trinajstić information content (AvgIpc) is 2.41. The Morgan fingerprint density at radius 2 is 2.00 bits per heavy atom. The zero-order valence-corrected chi connectivity index (χ0v) is 10.9. The minimum Gasteiger partial charge on any atom is -0.494 e. The number of likely N-dealkylation sites (N-methyl/N-ethyl adjacent to an activating group) is 1. The zero-order chi connectivity index (χ0) is 13.1. The summed E-state index contributed by atoms with van der Waals surface area (Å²) in [5.74, 6) is 0.939. The first-order chi connectivity index (χ1) is 8.83. The van der Waals surface area contributed by atoms with Crippen LogP contribution < -0.4 is 15.4 Å². The lowest BCUT2D eigenvalue weighted by molar-refractivity contribution is -0.121. The molecule has 0 fully saturated rings. The Hall–Kier alpha value is -1.55. The number of carbonyl (C=O) groups excluding carboxylic acids is 1. The number of hydrogen-bond acceptors (Lipinski definition) is 3. The molecule has 100 valence electrons. The lowest BCUT2D eigenvalue weighted by atomic mass is 10.3. The standard InChI is InChI=1S/C14H22N2O2/c1-2-15-10-11-16-14(17)9-6-12-18-13-7-4-3-5-8-13/h3-5,7-8,15H,2,6,9-12H2,1H3,(H,16,17). The highest BCUT2D eigenvalue weighted by molar-refractivity contribution is 5.75. The Labute approximate surface area is 109 Å². The van der Waals surface area contributed by atoms with Gasteiger partial charge in [-0.15, -0.1) is 0 Å². The highest BCUT2D eigenvalue weighted by Gasteiger charge is 2.00. The Bertz CT molecular complexity index is 328. The predicted octanol–water partition coefficient (Wildman–Crippen LogP) is 1.57. The Morgan fingerprint density at radius 1 is 1.22 bits per heavy atom. The molecule has 0 aliphatic heterocycles. The van der Waals surface area contributed by atoms with Crippen LogP contribution in [0.15, 0.2) is 30.3 Å². The van der Waals surface area contributed by atoms with E-state index in [4.69, 9.17) is 4.74 Å². The molecule has 1 rings (SSSR count). The highest BCUT2D eigenvalue weighted by Crippen LogP contribution is 2.08. The van der Waals surface area contributed by atoms with Crippen molar-refractivity contribution in [1.82, 2.24) is 10.6 Å². The van der Waals surface area contributed by atoms with Crippen molar-refractivity contribution in [2.75, 3.05) is 26.2 Å². The fourth-order valence-corrected chi connectivity index (χ4v) is 1.49. The molecule has 0 aromatic heterocycles. The third-order valence-corrected chi connectivity index (χ3v) is 2.43. The SMILES string of the molecule is CCNCCNC(=O)CCCOc1ccccc1. The molecule has 1 aromatic rings. The summed E-state index contributed by atoms with van der Waals surface area (Å²) in [6, 6.07) is 9.64. The van der Waals surface area contributed by atoms with E-state index in [0.717, 1.165) is 25.3 Å². The maximum absolute atomic E-state index is 11.4. The fourth-order valence-electron chi connectivity index (χ4n) is 1.49. The van der Waals surface area contributed by atoms with Crippen LogP contribution in [0.25, 0.3) is 0 Å². The van der Waals surface area contributed by atoms with Gasteiger partial charge in [-0.3, -0.25) is 4.79 Å². The molecule has 1 aromatic carbocycles. The van der Waals surface area contributed by atoms with Gasteiger partial charge in [0.1, 0.15) is 5.75 Å². The van der Waals surface area contributed by atoms with Crippen LogP contribution >= 0.6 is 0 Å². The van der Waals surface area contributed by atoms with Crippen LogP contribution in [-0.4, -0.2) is 32.1 Å². The molecule has 0 aliphatic carbocycles. The highest BCUT2D eigenvalue weighted by atomic mass is 16.5. The molecular formula is C14H22N2O2. The molecule has 4 heteroatoms. The van der Waals surface area contributed by atoms with Crippen LogP contribution in [-0.2, 0) is 4.79 Å². The summed E-state index contributed by atoms with van der Waals surface area (Å²) in [5.41, 5.74) is 0. The van der Waals surface area contributed by atoms with Gasteiger partial charge in [-0.05, 0) is 25.1 Å². The van der Waals surface area contributed by atoms with E-state index in [2.05, 4.69) is 10.6 Å². The van der Waals surface area contributed by atoms with Crippen LogP contribution in [0.5, 0.6) is 5.75 Å². The minimum absolute atomic E-state index is 0.0876. The number of para-hydroxylation sites is 1. The predicted molar refractivity (Wildman–Crippen MR) is 72.7 cm³/mol. The first kappa shape index (κ1) is 14.5. The van der Waals surface area contributed by atoms with Crippen LogP contribution in [0.2, 0.25) is 0 Å². The van der Waals surface area contributed by atoms with E-state index in [9.17, 15) is 4.79 Å². The molecule has 0 aliphatic rings. The van der Waals surface area contributed by atoms with Gasteiger partial charge in [0.05, 0.1) is 6.61 Å². The van der Waals surface area contributed by atoms with E-state index < -0.39 is 0 Å². The molecule has 0 saturated carbocycles. The second-order valence-electron chi connectivity index (χ2n) is 3.97. The van der Waals surface area contributed by atoms with Gasteiger partial charge in [0.15, 0.2) is 0 Å². The summed E-state index contributed by atoms with van der Waals surface area (Å²) in [6.45, 7) is 5.06. The van der Waals surface area contributed by atoms with Crippen molar-refractivity contribution in [2.24, 2.45) is 0 Å². The average molecular weight is 250 g/mol. The number of nitrogens with one attached hydrogen (secondary N) is 2. The van der Waals surface area contributed by atoms with E-state index in [1.54, 1.807) is 0 Å². The van der Waals surface area contributed by atoms with Gasteiger partial charge in [-0.25, -0.2) is 0 Å². The van der Waals surface area contributed by atoms with Crippen LogP contribution in [0, 0.1) is 0 Å². The first-order valence-electron chi connectivity index (χ1n) is 6.48. The molecule has 0 atom stereocenters. The zero-order valence-electron chi connectivity index (χ0n) is 10.9. The molecule has 0 bridgehead atoms. The van der Waals surface area contributed by atoms with Crippen LogP contribution in [0.4, 0.5) is 0 Å². The van der Waals surface area contributed by atoms with E-state index >= 15 is 0 Å². The van der Waals surface area contributed by atoms with Gasteiger partial charge < -0.3 is 15.4 Å². The third kappa shape index (κ3) is 6.91. The molecule has 0 heterocycles. The van der Waals surface area contributed by atoms with Gasteiger partial charge in [-0.2, -0.15) is 0 Å². The summed E-state index contributed by atoms with van der Waals surface area (Å²) in [4.78, 5) is 11.4. The topological polar surface area (TPSA) is 50.4 Å². The molecule has 0 saturated heterocycles. The van der Waals surface area contributed by atoms with Gasteiger partial charge in [0.2, 0.25) is 5.91 Å².